The van der Waals surface area contributed by atoms with Gasteiger partial charge in [0.2, 0.25) is 0 Å². The molecule has 0 aliphatic heterocycles. The summed E-state index contributed by atoms with van der Waals surface area (Å²) in [6, 6.07) is 7.15. The van der Waals surface area contributed by atoms with Gasteiger partial charge in [-0.1, -0.05) is 29.8 Å². The molecule has 0 saturated carbocycles. The summed E-state index contributed by atoms with van der Waals surface area (Å²) in [6.45, 7) is 1.97. The third kappa shape index (κ3) is 2.98. The molecule has 0 fully saturated rings. The lowest BCUT2D eigenvalue weighted by Crippen LogP contribution is -2.12. The van der Waals surface area contributed by atoms with Crippen molar-refractivity contribution >= 4 is 5.97 Å². The maximum absolute atomic E-state index is 12.7. The Morgan fingerprint density at radius 1 is 1.30 bits per heavy atom. The summed E-state index contributed by atoms with van der Waals surface area (Å²) in [4.78, 5) is 10.8. The summed E-state index contributed by atoms with van der Waals surface area (Å²) < 4.78 is 39.0. The molecule has 1 N–H and O–H groups in total. The Kier molecular flexibility index (Phi) is 3.52. The van der Waals surface area contributed by atoms with Crippen molar-refractivity contribution in [2.24, 2.45) is 0 Å². The summed E-state index contributed by atoms with van der Waals surface area (Å²) in [5.74, 6) is -1.65. The lowest BCUT2D eigenvalue weighted by atomic mass is 10.1. The molecule has 20 heavy (non-hydrogen) atoms. The van der Waals surface area contributed by atoms with Crippen molar-refractivity contribution in [2.45, 2.75) is 19.6 Å². The number of aromatic carboxylic acids is 1. The first-order valence-electron chi connectivity index (χ1n) is 5.71. The minimum atomic E-state index is -4.79. The van der Waals surface area contributed by atoms with Gasteiger partial charge >= 0.3 is 12.1 Å². The summed E-state index contributed by atoms with van der Waals surface area (Å²) in [5.41, 5.74) is -0.457. The largest absolute Gasteiger partial charge is 0.478 e. The summed E-state index contributed by atoms with van der Waals surface area (Å²) >= 11 is 0. The molecule has 1 heterocycles. The first-order valence-corrected chi connectivity index (χ1v) is 5.71. The van der Waals surface area contributed by atoms with Gasteiger partial charge in [0, 0.05) is 6.20 Å². The molecule has 0 amide bonds. The van der Waals surface area contributed by atoms with Gasteiger partial charge in [0.25, 0.3) is 0 Å². The Balaban J connectivity index is 2.34. The lowest BCUT2D eigenvalue weighted by Gasteiger charge is -2.04. The molecule has 2 rings (SSSR count). The fourth-order valence-corrected chi connectivity index (χ4v) is 1.75. The van der Waals surface area contributed by atoms with Crippen LogP contribution in [0.2, 0.25) is 0 Å². The Labute approximate surface area is 112 Å². The van der Waals surface area contributed by atoms with Crippen molar-refractivity contribution in [3.8, 4) is 0 Å². The monoisotopic (exact) mass is 284 g/mol. The van der Waals surface area contributed by atoms with Gasteiger partial charge in [-0.2, -0.15) is 18.3 Å². The van der Waals surface area contributed by atoms with Crippen LogP contribution in [0.3, 0.4) is 0 Å². The number of benzene rings is 1. The second-order valence-corrected chi connectivity index (χ2v) is 4.38. The predicted octanol–water partition coefficient (Wildman–Crippen LogP) is 2.96. The standard InChI is InChI=1S/C13H11F3N2O2/c1-8-2-4-9(5-3-8)6-18-7-10(12(19)20)11(17-18)13(14,15)16/h2-5,7H,6H2,1H3,(H,19,20). The third-order valence-corrected chi connectivity index (χ3v) is 2.73. The molecule has 0 unspecified atom stereocenters. The molecule has 4 nitrogen and oxygen atoms in total. The molecule has 2 aromatic rings. The lowest BCUT2D eigenvalue weighted by molar-refractivity contribution is -0.142. The number of alkyl halides is 3. The predicted molar refractivity (Wildman–Crippen MR) is 64.5 cm³/mol. The van der Waals surface area contributed by atoms with E-state index in [0.29, 0.717) is 0 Å². The van der Waals surface area contributed by atoms with Gasteiger partial charge in [-0.3, -0.25) is 4.68 Å². The van der Waals surface area contributed by atoms with Crippen LogP contribution < -0.4 is 0 Å². The van der Waals surface area contributed by atoms with Crippen LogP contribution in [-0.4, -0.2) is 20.9 Å². The van der Waals surface area contributed by atoms with Crippen LogP contribution in [0.1, 0.15) is 27.2 Å². The number of aryl methyl sites for hydroxylation is 1. The molecule has 0 saturated heterocycles. The summed E-state index contributed by atoms with van der Waals surface area (Å²) in [6.07, 6.45) is -3.89. The molecule has 1 aromatic carbocycles. The number of hydrogen-bond donors (Lipinski definition) is 1. The topological polar surface area (TPSA) is 55.1 Å². The van der Waals surface area contributed by atoms with Crippen LogP contribution in [-0.2, 0) is 12.7 Å². The average Bonchev–Trinajstić information content (AvgIpc) is 2.76. The Hall–Kier alpha value is -2.31. The van der Waals surface area contributed by atoms with E-state index in [1.54, 1.807) is 12.1 Å². The number of carboxylic acids is 1. The number of carboxylic acid groups (broad SMARTS) is 1. The van der Waals surface area contributed by atoms with Gasteiger partial charge in [-0.25, -0.2) is 4.79 Å². The van der Waals surface area contributed by atoms with Gasteiger partial charge in [0.1, 0.15) is 5.56 Å². The van der Waals surface area contributed by atoms with Crippen LogP contribution in [0.15, 0.2) is 30.5 Å². The van der Waals surface area contributed by atoms with E-state index in [2.05, 4.69) is 5.10 Å². The molecule has 7 heteroatoms. The quantitative estimate of drug-likeness (QED) is 0.942. The third-order valence-electron chi connectivity index (χ3n) is 2.73. The normalized spacial score (nSPS) is 11.6. The minimum Gasteiger partial charge on any atom is -0.478 e. The van der Waals surface area contributed by atoms with Gasteiger partial charge in [-0.05, 0) is 12.5 Å². The zero-order chi connectivity index (χ0) is 14.9. The van der Waals surface area contributed by atoms with Crippen molar-refractivity contribution in [1.29, 1.82) is 0 Å². The van der Waals surface area contributed by atoms with E-state index in [-0.39, 0.29) is 6.54 Å². The van der Waals surface area contributed by atoms with Gasteiger partial charge in [0.15, 0.2) is 5.69 Å². The Bertz CT molecular complexity index is 630. The molecule has 0 spiro atoms. The van der Waals surface area contributed by atoms with Crippen LogP contribution in [0.5, 0.6) is 0 Å². The number of hydrogen-bond acceptors (Lipinski definition) is 2. The molecule has 0 atom stereocenters. The van der Waals surface area contributed by atoms with E-state index < -0.39 is 23.4 Å². The van der Waals surface area contributed by atoms with Gasteiger partial charge in [-0.15, -0.1) is 0 Å². The molecule has 0 radical (unpaired) electrons. The van der Waals surface area contributed by atoms with Crippen molar-refractivity contribution in [1.82, 2.24) is 9.78 Å². The van der Waals surface area contributed by atoms with Crippen LogP contribution in [0.4, 0.5) is 13.2 Å². The van der Waals surface area contributed by atoms with Crippen LogP contribution >= 0.6 is 0 Å². The molecule has 106 valence electrons. The van der Waals surface area contributed by atoms with Gasteiger partial charge < -0.3 is 5.11 Å². The Morgan fingerprint density at radius 2 is 1.90 bits per heavy atom. The zero-order valence-corrected chi connectivity index (χ0v) is 10.5. The smallest absolute Gasteiger partial charge is 0.436 e. The van der Waals surface area contributed by atoms with E-state index in [9.17, 15) is 18.0 Å². The minimum absolute atomic E-state index is 0.0800. The van der Waals surface area contributed by atoms with E-state index in [1.165, 1.54) is 0 Å². The highest BCUT2D eigenvalue weighted by Gasteiger charge is 2.39. The first kappa shape index (κ1) is 14.1. The second kappa shape index (κ2) is 4.99. The fraction of sp³-hybridized carbons (Fsp3) is 0.231. The van der Waals surface area contributed by atoms with E-state index >= 15 is 0 Å². The molecule has 0 bridgehead atoms. The fourth-order valence-electron chi connectivity index (χ4n) is 1.75. The van der Waals surface area contributed by atoms with Crippen molar-refractivity contribution in [3.63, 3.8) is 0 Å². The van der Waals surface area contributed by atoms with Crippen molar-refractivity contribution in [3.05, 3.63) is 52.8 Å². The van der Waals surface area contributed by atoms with Crippen LogP contribution in [0.25, 0.3) is 0 Å². The molecule has 0 aliphatic rings. The van der Waals surface area contributed by atoms with Crippen LogP contribution in [0, 0.1) is 6.92 Å². The SMILES string of the molecule is Cc1ccc(Cn2cc(C(=O)O)c(C(F)(F)F)n2)cc1. The maximum atomic E-state index is 12.7. The maximum Gasteiger partial charge on any atom is 0.436 e. The second-order valence-electron chi connectivity index (χ2n) is 4.38. The first-order chi connectivity index (χ1) is 9.27. The number of carbonyl (C=O) groups is 1. The molecule has 0 aliphatic carbocycles. The van der Waals surface area contributed by atoms with Crippen molar-refractivity contribution in [2.75, 3.05) is 0 Å². The van der Waals surface area contributed by atoms with Crippen molar-refractivity contribution < 1.29 is 23.1 Å². The summed E-state index contributed by atoms with van der Waals surface area (Å²) in [7, 11) is 0. The molecular formula is C13H11F3N2O2. The van der Waals surface area contributed by atoms with E-state index in [1.807, 2.05) is 19.1 Å². The van der Waals surface area contributed by atoms with E-state index in [0.717, 1.165) is 22.0 Å². The number of halogens is 3. The Morgan fingerprint density at radius 3 is 2.35 bits per heavy atom. The number of aromatic nitrogens is 2. The zero-order valence-electron chi connectivity index (χ0n) is 10.5. The number of rotatable bonds is 3. The molecular weight excluding hydrogens is 273 g/mol. The highest BCUT2D eigenvalue weighted by molar-refractivity contribution is 5.88. The summed E-state index contributed by atoms with van der Waals surface area (Å²) in [5, 5.41) is 12.1. The highest BCUT2D eigenvalue weighted by Crippen LogP contribution is 2.30. The van der Waals surface area contributed by atoms with Gasteiger partial charge in [0.05, 0.1) is 6.54 Å². The number of nitrogens with zero attached hydrogens (tertiary/aromatic N) is 2. The van der Waals surface area contributed by atoms with E-state index in [4.69, 9.17) is 5.11 Å². The average molecular weight is 284 g/mol. The highest BCUT2D eigenvalue weighted by atomic mass is 19.4. The molecule has 1 aromatic heterocycles.